The molecule has 20 heavy (non-hydrogen) atoms. The van der Waals surface area contributed by atoms with Crippen molar-refractivity contribution in [2.24, 2.45) is 5.11 Å². The van der Waals surface area contributed by atoms with E-state index >= 15 is 0 Å². The second kappa shape index (κ2) is 5.80. The number of halogens is 1. The highest BCUT2D eigenvalue weighted by atomic mass is 32.3. The van der Waals surface area contributed by atoms with Crippen molar-refractivity contribution in [2.75, 3.05) is 0 Å². The minimum atomic E-state index is -4.81. The number of nitrogens with zero attached hydrogens (tertiary/aromatic N) is 3. The Morgan fingerprint density at radius 1 is 1.25 bits per heavy atom. The molecule has 1 aromatic rings. The fourth-order valence-electron chi connectivity index (χ4n) is 2.25. The molecule has 108 valence electrons. The van der Waals surface area contributed by atoms with Crippen molar-refractivity contribution in [3.05, 3.63) is 32.7 Å². The molecule has 0 heterocycles. The monoisotopic (exact) mass is 301 g/mol. The molecular formula is C10H13BFN3O4S. The lowest BCUT2D eigenvalue weighted by atomic mass is 9.72. The molecule has 0 radical (unpaired) electrons. The van der Waals surface area contributed by atoms with Crippen molar-refractivity contribution in [3.8, 4) is 0 Å². The van der Waals surface area contributed by atoms with Crippen molar-refractivity contribution >= 4 is 28.5 Å². The smallest absolute Gasteiger partial charge is 0.423 e. The van der Waals surface area contributed by atoms with Crippen molar-refractivity contribution < 1.29 is 22.4 Å². The molecule has 0 amide bonds. The summed E-state index contributed by atoms with van der Waals surface area (Å²) < 4.78 is 34.6. The maximum Gasteiger partial charge on any atom is 0.488 e. The number of hydrogen-bond donors (Lipinski definition) is 2. The minimum Gasteiger partial charge on any atom is -0.423 e. The SMILES string of the molecule is Cc1c(CS(=O)(=O)F)c(C)c(B(O)O)c(C)c1N=[N+]=[N-]. The Labute approximate surface area is 116 Å². The van der Waals surface area contributed by atoms with Crippen molar-refractivity contribution in [1.82, 2.24) is 0 Å². The Bertz CT molecular complexity index is 699. The topological polar surface area (TPSA) is 123 Å². The van der Waals surface area contributed by atoms with Crippen LogP contribution in [0.2, 0.25) is 0 Å². The molecule has 1 rings (SSSR count). The third-order valence-corrected chi connectivity index (χ3v) is 3.78. The Kier molecular flexibility index (Phi) is 4.77. The Hall–Kier alpha value is -1.61. The maximum absolute atomic E-state index is 12.9. The molecule has 10 heteroatoms. The molecule has 0 spiro atoms. The molecule has 0 aromatic heterocycles. The van der Waals surface area contributed by atoms with Gasteiger partial charge in [0.25, 0.3) is 0 Å². The molecule has 7 nitrogen and oxygen atoms in total. The molecule has 0 atom stereocenters. The van der Waals surface area contributed by atoms with Crippen LogP contribution in [0.4, 0.5) is 9.57 Å². The first-order valence-corrected chi connectivity index (χ1v) is 7.11. The lowest BCUT2D eigenvalue weighted by molar-refractivity contribution is 0.425. The van der Waals surface area contributed by atoms with Crippen molar-refractivity contribution in [3.63, 3.8) is 0 Å². The van der Waals surface area contributed by atoms with E-state index < -0.39 is 23.1 Å². The van der Waals surface area contributed by atoms with E-state index in [1.807, 2.05) is 0 Å². The van der Waals surface area contributed by atoms with Crippen LogP contribution < -0.4 is 5.46 Å². The van der Waals surface area contributed by atoms with Gasteiger partial charge in [-0.1, -0.05) is 5.11 Å². The van der Waals surface area contributed by atoms with Gasteiger partial charge in [-0.15, -0.1) is 3.89 Å². The fourth-order valence-corrected chi connectivity index (χ4v) is 3.03. The average Bonchev–Trinajstić information content (AvgIpc) is 2.28. The molecule has 0 unspecified atom stereocenters. The van der Waals surface area contributed by atoms with Crippen molar-refractivity contribution in [2.45, 2.75) is 26.5 Å². The zero-order valence-corrected chi connectivity index (χ0v) is 11.9. The van der Waals surface area contributed by atoms with Crippen LogP contribution in [0.3, 0.4) is 0 Å². The summed E-state index contributed by atoms with van der Waals surface area (Å²) in [5.74, 6) is -0.918. The van der Waals surface area contributed by atoms with Gasteiger partial charge >= 0.3 is 17.3 Å². The summed E-state index contributed by atoms with van der Waals surface area (Å²) in [6.45, 7) is 4.44. The fraction of sp³-hybridized carbons (Fsp3) is 0.400. The third-order valence-electron chi connectivity index (χ3n) is 3.14. The van der Waals surface area contributed by atoms with Gasteiger partial charge in [-0.3, -0.25) is 0 Å². The predicted molar refractivity (Wildman–Crippen MR) is 73.0 cm³/mol. The van der Waals surface area contributed by atoms with E-state index in [9.17, 15) is 22.4 Å². The number of hydrogen-bond acceptors (Lipinski definition) is 5. The lowest BCUT2D eigenvalue weighted by Crippen LogP contribution is -2.36. The van der Waals surface area contributed by atoms with Gasteiger partial charge in [0.1, 0.15) is 5.75 Å². The normalized spacial score (nSPS) is 11.1. The first kappa shape index (κ1) is 16.4. The molecule has 0 aliphatic carbocycles. The summed E-state index contributed by atoms with van der Waals surface area (Å²) >= 11 is 0. The van der Waals surface area contributed by atoms with E-state index in [1.165, 1.54) is 20.8 Å². The molecule has 0 bridgehead atoms. The van der Waals surface area contributed by atoms with Gasteiger partial charge < -0.3 is 10.0 Å². The van der Waals surface area contributed by atoms with Crippen LogP contribution in [0.15, 0.2) is 5.11 Å². The second-order valence-electron chi connectivity index (χ2n) is 4.36. The van der Waals surface area contributed by atoms with Gasteiger partial charge in [0.15, 0.2) is 0 Å². The van der Waals surface area contributed by atoms with Gasteiger partial charge in [-0.2, -0.15) is 8.42 Å². The van der Waals surface area contributed by atoms with Crippen LogP contribution in [0.25, 0.3) is 10.4 Å². The summed E-state index contributed by atoms with van der Waals surface area (Å²) in [5.41, 5.74) is 9.52. The van der Waals surface area contributed by atoms with E-state index in [-0.39, 0.29) is 22.3 Å². The van der Waals surface area contributed by atoms with Crippen LogP contribution in [0, 0.1) is 20.8 Å². The van der Waals surface area contributed by atoms with E-state index in [4.69, 9.17) is 5.53 Å². The highest BCUT2D eigenvalue weighted by Crippen LogP contribution is 2.30. The summed E-state index contributed by atoms with van der Waals surface area (Å²) in [6, 6.07) is 0. The molecule has 1 aromatic carbocycles. The third kappa shape index (κ3) is 3.28. The zero-order valence-electron chi connectivity index (χ0n) is 11.1. The Morgan fingerprint density at radius 2 is 1.80 bits per heavy atom. The quantitative estimate of drug-likeness (QED) is 0.283. The maximum atomic E-state index is 12.9. The van der Waals surface area contributed by atoms with E-state index in [0.29, 0.717) is 11.1 Å². The van der Waals surface area contributed by atoms with Crippen LogP contribution in [-0.4, -0.2) is 25.6 Å². The minimum absolute atomic E-state index is 0.0108. The van der Waals surface area contributed by atoms with E-state index in [1.54, 1.807) is 0 Å². The first-order chi connectivity index (χ1) is 9.10. The number of rotatable bonds is 4. The van der Waals surface area contributed by atoms with Gasteiger partial charge in [0.2, 0.25) is 0 Å². The standard InChI is InChI=1S/C10H13BFN3O4S/c1-5-8(4-20(12,18)19)6(2)10(14-15-13)7(3)9(5)11(16)17/h16-17H,4H2,1-3H3. The Balaban J connectivity index is 3.80. The molecule has 0 saturated carbocycles. The van der Waals surface area contributed by atoms with Crippen molar-refractivity contribution in [1.29, 1.82) is 0 Å². The Morgan fingerprint density at radius 3 is 2.20 bits per heavy atom. The van der Waals surface area contributed by atoms with Crippen LogP contribution >= 0.6 is 0 Å². The van der Waals surface area contributed by atoms with E-state index in [2.05, 4.69) is 10.0 Å². The van der Waals surface area contributed by atoms with Crippen LogP contribution in [-0.2, 0) is 16.0 Å². The molecule has 0 aliphatic heterocycles. The lowest BCUT2D eigenvalue weighted by Gasteiger charge is -2.19. The average molecular weight is 301 g/mol. The molecule has 0 fully saturated rings. The highest BCUT2D eigenvalue weighted by molar-refractivity contribution is 7.85. The molecule has 0 saturated heterocycles. The van der Waals surface area contributed by atoms with Crippen LogP contribution in [0.5, 0.6) is 0 Å². The van der Waals surface area contributed by atoms with Gasteiger partial charge in [-0.05, 0) is 54.0 Å². The second-order valence-corrected chi connectivity index (χ2v) is 5.73. The summed E-state index contributed by atoms with van der Waals surface area (Å²) in [5, 5.41) is 22.2. The van der Waals surface area contributed by atoms with Gasteiger partial charge in [0.05, 0.1) is 0 Å². The summed E-state index contributed by atoms with van der Waals surface area (Å²) in [4.78, 5) is 2.61. The van der Waals surface area contributed by atoms with Gasteiger partial charge in [-0.25, -0.2) is 0 Å². The summed E-state index contributed by atoms with van der Waals surface area (Å²) in [7, 11) is -6.69. The largest absolute Gasteiger partial charge is 0.488 e. The first-order valence-electron chi connectivity index (χ1n) is 5.56. The highest BCUT2D eigenvalue weighted by Gasteiger charge is 2.25. The van der Waals surface area contributed by atoms with Gasteiger partial charge in [0, 0.05) is 10.6 Å². The molecule has 2 N–H and O–H groups in total. The predicted octanol–water partition coefficient (Wildman–Crippen LogP) is 1.03. The van der Waals surface area contributed by atoms with Crippen LogP contribution in [0.1, 0.15) is 22.3 Å². The molecule has 0 aliphatic rings. The zero-order chi connectivity index (χ0) is 15.7. The summed E-state index contributed by atoms with van der Waals surface area (Å²) in [6.07, 6.45) is 0. The molecular weight excluding hydrogens is 288 g/mol. The number of benzene rings is 1. The van der Waals surface area contributed by atoms with E-state index in [0.717, 1.165) is 0 Å². The number of azide groups is 1.